The van der Waals surface area contributed by atoms with Gasteiger partial charge in [0.25, 0.3) is 0 Å². The average Bonchev–Trinajstić information content (AvgIpc) is 2.82. The van der Waals surface area contributed by atoms with Crippen LogP contribution in [0.1, 0.15) is 57.6 Å². The van der Waals surface area contributed by atoms with Crippen LogP contribution >= 0.6 is 0 Å². The fraction of sp³-hybridized carbons (Fsp3) is 0.625. The fourth-order valence-corrected chi connectivity index (χ4v) is 3.86. The van der Waals surface area contributed by atoms with Crippen LogP contribution in [-0.2, 0) is 0 Å². The summed E-state index contributed by atoms with van der Waals surface area (Å²) in [4.78, 5) is 0. The molecule has 0 aromatic heterocycles. The van der Waals surface area contributed by atoms with E-state index in [1.54, 1.807) is 0 Å². The van der Waals surface area contributed by atoms with E-state index in [0.29, 0.717) is 5.92 Å². The predicted molar refractivity (Wildman–Crippen MR) is 76.8 cm³/mol. The van der Waals surface area contributed by atoms with Crippen molar-refractivity contribution in [2.45, 2.75) is 52.0 Å². The number of nitrogens with two attached hydrogens (primary N) is 1. The zero-order chi connectivity index (χ0) is 14.8. The van der Waals surface area contributed by atoms with Gasteiger partial charge < -0.3 is 0 Å². The Morgan fingerprint density at radius 3 is 2.20 bits per heavy atom. The molecule has 2 nitrogen and oxygen atoms in total. The second-order valence-electron chi connectivity index (χ2n) is 6.40. The fourth-order valence-electron chi connectivity index (χ4n) is 3.86. The van der Waals surface area contributed by atoms with Gasteiger partial charge in [0, 0.05) is 5.56 Å². The number of hydrogen-bond acceptors (Lipinski definition) is 2. The molecule has 0 aliphatic heterocycles. The van der Waals surface area contributed by atoms with Crippen LogP contribution in [0.5, 0.6) is 0 Å². The number of hydrogen-bond donors (Lipinski definition) is 2. The van der Waals surface area contributed by atoms with Crippen LogP contribution in [0, 0.1) is 23.0 Å². The van der Waals surface area contributed by atoms with Gasteiger partial charge in [0.2, 0.25) is 0 Å². The van der Waals surface area contributed by atoms with E-state index >= 15 is 0 Å². The molecule has 1 unspecified atom stereocenters. The Balaban J connectivity index is 2.43. The van der Waals surface area contributed by atoms with Crippen molar-refractivity contribution in [2.75, 3.05) is 0 Å². The van der Waals surface area contributed by atoms with E-state index in [4.69, 9.17) is 5.84 Å². The molecule has 1 aromatic carbocycles. The summed E-state index contributed by atoms with van der Waals surface area (Å²) in [6.07, 6.45) is 5.05. The first-order chi connectivity index (χ1) is 9.50. The van der Waals surface area contributed by atoms with Crippen LogP contribution in [0.2, 0.25) is 0 Å². The van der Waals surface area contributed by atoms with Crippen LogP contribution in [0.4, 0.5) is 8.78 Å². The Hall–Kier alpha value is -1.00. The highest BCUT2D eigenvalue weighted by Crippen LogP contribution is 2.52. The van der Waals surface area contributed by atoms with Crippen molar-refractivity contribution in [2.24, 2.45) is 17.2 Å². The van der Waals surface area contributed by atoms with Crippen molar-refractivity contribution in [1.82, 2.24) is 5.43 Å². The van der Waals surface area contributed by atoms with Gasteiger partial charge >= 0.3 is 0 Å². The lowest BCUT2D eigenvalue weighted by atomic mass is 9.70. The Kier molecular flexibility index (Phi) is 4.76. The third-order valence-electron chi connectivity index (χ3n) is 4.48. The van der Waals surface area contributed by atoms with E-state index in [2.05, 4.69) is 19.3 Å². The molecule has 112 valence electrons. The summed E-state index contributed by atoms with van der Waals surface area (Å²) < 4.78 is 28.2. The molecule has 3 N–H and O–H groups in total. The van der Waals surface area contributed by atoms with Crippen LogP contribution < -0.4 is 11.3 Å². The second-order valence-corrected chi connectivity index (χ2v) is 6.40. The molecule has 1 aliphatic carbocycles. The molecule has 1 fully saturated rings. The molecule has 0 saturated heterocycles. The third kappa shape index (κ3) is 2.86. The molecule has 1 saturated carbocycles. The van der Waals surface area contributed by atoms with Gasteiger partial charge in [-0.25, -0.2) is 8.78 Å². The minimum Gasteiger partial charge on any atom is -0.271 e. The van der Waals surface area contributed by atoms with E-state index in [9.17, 15) is 8.78 Å². The van der Waals surface area contributed by atoms with Gasteiger partial charge in [-0.2, -0.15) is 0 Å². The second kappa shape index (κ2) is 6.19. The van der Waals surface area contributed by atoms with Gasteiger partial charge in [-0.15, -0.1) is 0 Å². The first kappa shape index (κ1) is 15.4. The summed E-state index contributed by atoms with van der Waals surface area (Å²) in [6, 6.07) is 3.54. The molecular weight excluding hydrogens is 258 g/mol. The van der Waals surface area contributed by atoms with Gasteiger partial charge in [0.1, 0.15) is 11.6 Å². The van der Waals surface area contributed by atoms with Crippen molar-refractivity contribution in [3.8, 4) is 0 Å². The Labute approximate surface area is 119 Å². The molecule has 1 aromatic rings. The third-order valence-corrected chi connectivity index (χ3v) is 4.48. The largest absolute Gasteiger partial charge is 0.271 e. The summed E-state index contributed by atoms with van der Waals surface area (Å²) in [5.74, 6) is 5.15. The summed E-state index contributed by atoms with van der Waals surface area (Å²) in [5.41, 5.74) is 2.66. The highest BCUT2D eigenvalue weighted by Gasteiger charge is 2.43. The van der Waals surface area contributed by atoms with E-state index < -0.39 is 17.7 Å². The zero-order valence-corrected chi connectivity index (χ0v) is 12.3. The Morgan fingerprint density at radius 2 is 1.75 bits per heavy atom. The average molecular weight is 282 g/mol. The number of halogens is 2. The molecule has 4 heteroatoms. The number of rotatable bonds is 5. The molecule has 2 rings (SSSR count). The summed E-state index contributed by atoms with van der Waals surface area (Å²) in [7, 11) is 0. The van der Waals surface area contributed by atoms with Crippen LogP contribution in [0.3, 0.4) is 0 Å². The first-order valence-corrected chi connectivity index (χ1v) is 7.40. The molecule has 20 heavy (non-hydrogen) atoms. The predicted octanol–water partition coefficient (Wildman–Crippen LogP) is 4.08. The zero-order valence-electron chi connectivity index (χ0n) is 12.3. The summed E-state index contributed by atoms with van der Waals surface area (Å²) in [6.45, 7) is 4.29. The van der Waals surface area contributed by atoms with Crippen LogP contribution in [0.25, 0.3) is 0 Å². The van der Waals surface area contributed by atoms with Gasteiger partial charge in [0.05, 0.1) is 6.04 Å². The molecule has 0 spiro atoms. The lowest BCUT2D eigenvalue weighted by Gasteiger charge is -2.39. The normalized spacial score (nSPS) is 19.5. The number of benzene rings is 1. The molecule has 0 bridgehead atoms. The topological polar surface area (TPSA) is 38.0 Å². The van der Waals surface area contributed by atoms with Gasteiger partial charge in [0.15, 0.2) is 0 Å². The van der Waals surface area contributed by atoms with Gasteiger partial charge in [-0.1, -0.05) is 32.8 Å². The number of hydrazine groups is 1. The molecule has 0 heterocycles. The monoisotopic (exact) mass is 282 g/mol. The van der Waals surface area contributed by atoms with E-state index in [-0.39, 0.29) is 11.0 Å². The van der Waals surface area contributed by atoms with E-state index in [1.165, 1.54) is 18.2 Å². The highest BCUT2D eigenvalue weighted by molar-refractivity contribution is 5.26. The van der Waals surface area contributed by atoms with Crippen molar-refractivity contribution < 1.29 is 8.78 Å². The maximum Gasteiger partial charge on any atom is 0.130 e. The van der Waals surface area contributed by atoms with Crippen molar-refractivity contribution in [3.05, 3.63) is 35.4 Å². The maximum absolute atomic E-state index is 14.1. The molecular formula is C16H24F2N2. The summed E-state index contributed by atoms with van der Waals surface area (Å²) in [5, 5.41) is 0. The summed E-state index contributed by atoms with van der Waals surface area (Å²) >= 11 is 0. The quantitative estimate of drug-likeness (QED) is 0.631. The van der Waals surface area contributed by atoms with E-state index in [1.807, 2.05) is 0 Å². The minimum absolute atomic E-state index is 0.0950. The molecule has 0 amide bonds. The molecule has 1 aliphatic rings. The smallest absolute Gasteiger partial charge is 0.130 e. The SMILES string of the molecule is CC(C)CC1(C(NN)c2c(F)cccc2F)CCCC1. The Bertz CT molecular complexity index is 434. The first-order valence-electron chi connectivity index (χ1n) is 7.40. The minimum atomic E-state index is -0.511. The van der Waals surface area contributed by atoms with Crippen molar-refractivity contribution >= 4 is 0 Å². The van der Waals surface area contributed by atoms with Gasteiger partial charge in [-0.3, -0.25) is 11.3 Å². The highest BCUT2D eigenvalue weighted by atomic mass is 19.1. The van der Waals surface area contributed by atoms with Gasteiger partial charge in [-0.05, 0) is 42.7 Å². The lowest BCUT2D eigenvalue weighted by molar-refractivity contribution is 0.149. The standard InChI is InChI=1S/C16H24F2N2/c1-11(2)10-16(8-3-4-9-16)15(20-19)14-12(17)6-5-7-13(14)18/h5-7,11,15,20H,3-4,8-10,19H2,1-2H3. The van der Waals surface area contributed by atoms with Crippen LogP contribution in [-0.4, -0.2) is 0 Å². The van der Waals surface area contributed by atoms with Crippen molar-refractivity contribution in [1.29, 1.82) is 0 Å². The maximum atomic E-state index is 14.1. The van der Waals surface area contributed by atoms with E-state index in [0.717, 1.165) is 32.1 Å². The van der Waals surface area contributed by atoms with Crippen molar-refractivity contribution in [3.63, 3.8) is 0 Å². The molecule has 1 atom stereocenters. The number of nitrogens with one attached hydrogen (secondary N) is 1. The molecule has 0 radical (unpaired) electrons. The lowest BCUT2D eigenvalue weighted by Crippen LogP contribution is -2.42. The Morgan fingerprint density at radius 1 is 1.20 bits per heavy atom. The van der Waals surface area contributed by atoms with Crippen LogP contribution in [0.15, 0.2) is 18.2 Å².